The first-order chi connectivity index (χ1) is 17.5. The van der Waals surface area contributed by atoms with Crippen molar-refractivity contribution in [2.45, 2.75) is 30.8 Å². The summed E-state index contributed by atoms with van der Waals surface area (Å²) in [4.78, 5) is 26.7. The van der Waals surface area contributed by atoms with Crippen LogP contribution in [0.15, 0.2) is 40.2 Å². The number of anilines is 1. The van der Waals surface area contributed by atoms with E-state index >= 15 is 0 Å². The largest absolute Gasteiger partial charge is 0.465 e. The van der Waals surface area contributed by atoms with Gasteiger partial charge in [-0.2, -0.15) is 0 Å². The molecule has 7 nitrogen and oxygen atoms in total. The van der Waals surface area contributed by atoms with Crippen LogP contribution in [0.2, 0.25) is 0 Å². The summed E-state index contributed by atoms with van der Waals surface area (Å²) in [6.45, 7) is 0. The number of nitrogens with zero attached hydrogens (tertiary/aromatic N) is 3. The van der Waals surface area contributed by atoms with E-state index in [1.807, 2.05) is 11.6 Å². The first-order valence-corrected chi connectivity index (χ1v) is 14.1. The predicted molar refractivity (Wildman–Crippen MR) is 141 cm³/mol. The molecule has 0 atom stereocenters. The molecule has 1 N–H and O–H groups in total. The van der Waals surface area contributed by atoms with Crippen LogP contribution in [0.5, 0.6) is 0 Å². The number of thiophene rings is 2. The topological polar surface area (TPSA) is 86.1 Å². The Bertz CT molecular complexity index is 1420. The minimum Gasteiger partial charge on any atom is -0.465 e. The standard InChI is InChI=1S/C25H23FN4O3S3/c1-30-22(18-12-34-19-6-4-3-5-16(18)19)28-29-25(30)36-13-20(31)27-23-21(24(32)33-2)17(11-35-23)14-7-9-15(26)10-8-14/h7-12H,3-6,13H2,1-2H3,(H,27,31). The van der Waals surface area contributed by atoms with Crippen LogP contribution in [0.25, 0.3) is 22.5 Å². The molecule has 3 aromatic heterocycles. The van der Waals surface area contributed by atoms with Gasteiger partial charge in [-0.15, -0.1) is 32.9 Å². The van der Waals surface area contributed by atoms with Gasteiger partial charge in [-0.3, -0.25) is 4.79 Å². The molecule has 1 amide bonds. The highest BCUT2D eigenvalue weighted by molar-refractivity contribution is 7.99. The summed E-state index contributed by atoms with van der Waals surface area (Å²) in [7, 11) is 3.19. The van der Waals surface area contributed by atoms with E-state index in [0.717, 1.165) is 24.2 Å². The molecule has 186 valence electrons. The van der Waals surface area contributed by atoms with Crippen molar-refractivity contribution in [2.75, 3.05) is 18.2 Å². The molecule has 4 aromatic rings. The zero-order valence-corrected chi connectivity index (χ0v) is 22.1. The first-order valence-electron chi connectivity index (χ1n) is 11.3. The average Bonchev–Trinajstić information content (AvgIpc) is 3.59. The molecule has 1 aromatic carbocycles. The highest BCUT2D eigenvalue weighted by Crippen LogP contribution is 2.38. The Kier molecular flexibility index (Phi) is 7.22. The summed E-state index contributed by atoms with van der Waals surface area (Å²) in [5.74, 6) is -0.318. The van der Waals surface area contributed by atoms with Gasteiger partial charge in [-0.1, -0.05) is 23.9 Å². The zero-order chi connectivity index (χ0) is 25.2. The highest BCUT2D eigenvalue weighted by Gasteiger charge is 2.24. The molecule has 0 unspecified atom stereocenters. The van der Waals surface area contributed by atoms with Crippen molar-refractivity contribution >= 4 is 51.3 Å². The van der Waals surface area contributed by atoms with Gasteiger partial charge in [0.05, 0.1) is 12.9 Å². The van der Waals surface area contributed by atoms with E-state index in [9.17, 15) is 14.0 Å². The van der Waals surface area contributed by atoms with Crippen LogP contribution in [0.4, 0.5) is 9.39 Å². The maximum Gasteiger partial charge on any atom is 0.341 e. The summed E-state index contributed by atoms with van der Waals surface area (Å²) in [6, 6.07) is 5.82. The van der Waals surface area contributed by atoms with Gasteiger partial charge in [0.1, 0.15) is 16.4 Å². The molecule has 11 heteroatoms. The van der Waals surface area contributed by atoms with E-state index < -0.39 is 5.97 Å². The minimum absolute atomic E-state index is 0.0953. The molecule has 3 heterocycles. The average molecular weight is 543 g/mol. The smallest absolute Gasteiger partial charge is 0.341 e. The Morgan fingerprint density at radius 3 is 2.64 bits per heavy atom. The fourth-order valence-corrected chi connectivity index (χ4v) is 7.05. The summed E-state index contributed by atoms with van der Waals surface area (Å²) in [6.07, 6.45) is 4.61. The first kappa shape index (κ1) is 24.7. The SMILES string of the molecule is COC(=O)c1c(-c2ccc(F)cc2)csc1NC(=O)CSc1nnc(-c2csc3c2CCCC3)n1C. The van der Waals surface area contributed by atoms with Crippen molar-refractivity contribution in [3.05, 3.63) is 56.8 Å². The van der Waals surface area contributed by atoms with Crippen LogP contribution in [0.3, 0.4) is 0 Å². The second kappa shape index (κ2) is 10.5. The lowest BCUT2D eigenvalue weighted by atomic mass is 9.96. The van der Waals surface area contributed by atoms with Crippen molar-refractivity contribution in [3.63, 3.8) is 0 Å². The highest BCUT2D eigenvalue weighted by atomic mass is 32.2. The van der Waals surface area contributed by atoms with E-state index in [2.05, 4.69) is 20.9 Å². The molecule has 0 fully saturated rings. The molecule has 36 heavy (non-hydrogen) atoms. The number of carbonyl (C=O) groups is 2. The Morgan fingerprint density at radius 2 is 1.86 bits per heavy atom. The van der Waals surface area contributed by atoms with Gasteiger partial charge in [0.15, 0.2) is 11.0 Å². The second-order valence-corrected chi connectivity index (χ2v) is 11.1. The predicted octanol–water partition coefficient (Wildman–Crippen LogP) is 5.81. The van der Waals surface area contributed by atoms with Gasteiger partial charge in [0, 0.05) is 33.8 Å². The number of ether oxygens (including phenoxy) is 1. The number of aryl methyl sites for hydroxylation is 1. The van der Waals surface area contributed by atoms with Gasteiger partial charge in [0.2, 0.25) is 5.91 Å². The van der Waals surface area contributed by atoms with E-state index in [0.29, 0.717) is 21.3 Å². The number of fused-ring (bicyclic) bond motifs is 1. The molecule has 0 radical (unpaired) electrons. The second-order valence-electron chi connectivity index (χ2n) is 8.31. The molecular weight excluding hydrogens is 519 g/mol. The van der Waals surface area contributed by atoms with Gasteiger partial charge < -0.3 is 14.6 Å². The van der Waals surface area contributed by atoms with Crippen molar-refractivity contribution < 1.29 is 18.7 Å². The van der Waals surface area contributed by atoms with Crippen molar-refractivity contribution in [3.8, 4) is 22.5 Å². The molecule has 5 rings (SSSR count). The Labute approximate surface area is 219 Å². The van der Waals surface area contributed by atoms with Crippen molar-refractivity contribution in [1.82, 2.24) is 14.8 Å². The number of carbonyl (C=O) groups excluding carboxylic acids is 2. The van der Waals surface area contributed by atoms with Crippen molar-refractivity contribution in [2.24, 2.45) is 7.05 Å². The number of rotatable bonds is 7. The van der Waals surface area contributed by atoms with E-state index in [-0.39, 0.29) is 23.0 Å². The molecule has 0 spiro atoms. The zero-order valence-electron chi connectivity index (χ0n) is 19.7. The number of esters is 1. The fourth-order valence-electron chi connectivity index (χ4n) is 4.25. The third-order valence-corrected chi connectivity index (χ3v) is 9.06. The normalized spacial score (nSPS) is 12.9. The summed E-state index contributed by atoms with van der Waals surface area (Å²) in [5, 5.41) is 16.5. The van der Waals surface area contributed by atoms with Crippen LogP contribution < -0.4 is 5.32 Å². The number of hydrogen-bond donors (Lipinski definition) is 1. The molecule has 0 bridgehead atoms. The van der Waals surface area contributed by atoms with E-state index in [4.69, 9.17) is 4.74 Å². The van der Waals surface area contributed by atoms with Gasteiger partial charge in [-0.25, -0.2) is 9.18 Å². The third-order valence-electron chi connectivity index (χ3n) is 6.06. The number of aromatic nitrogens is 3. The molecule has 0 aliphatic heterocycles. The number of benzene rings is 1. The molecular formula is C25H23FN4O3S3. The lowest BCUT2D eigenvalue weighted by molar-refractivity contribution is -0.113. The number of halogens is 1. The maximum atomic E-state index is 13.4. The van der Waals surface area contributed by atoms with Crippen LogP contribution >= 0.6 is 34.4 Å². The lowest BCUT2D eigenvalue weighted by Crippen LogP contribution is -2.16. The quantitative estimate of drug-likeness (QED) is 0.234. The summed E-state index contributed by atoms with van der Waals surface area (Å²) >= 11 is 4.29. The lowest BCUT2D eigenvalue weighted by Gasteiger charge is -2.12. The summed E-state index contributed by atoms with van der Waals surface area (Å²) in [5.41, 5.74) is 3.99. The van der Waals surface area contributed by atoms with Crippen molar-refractivity contribution in [1.29, 1.82) is 0 Å². The number of methoxy groups -OCH3 is 1. The van der Waals surface area contributed by atoms with Crippen LogP contribution in [0, 0.1) is 5.82 Å². The molecule has 1 aliphatic rings. The van der Waals surface area contributed by atoms with E-state index in [1.165, 1.54) is 65.6 Å². The monoisotopic (exact) mass is 542 g/mol. The number of nitrogens with one attached hydrogen (secondary N) is 1. The van der Waals surface area contributed by atoms with Gasteiger partial charge in [-0.05, 0) is 48.9 Å². The van der Waals surface area contributed by atoms with Crippen LogP contribution in [-0.2, 0) is 29.4 Å². The van der Waals surface area contributed by atoms with E-state index in [1.54, 1.807) is 28.8 Å². The number of hydrogen-bond acceptors (Lipinski definition) is 8. The maximum absolute atomic E-state index is 13.4. The van der Waals surface area contributed by atoms with Crippen LogP contribution in [0.1, 0.15) is 33.6 Å². The summed E-state index contributed by atoms with van der Waals surface area (Å²) < 4.78 is 20.2. The van der Waals surface area contributed by atoms with Crippen LogP contribution in [-0.4, -0.2) is 39.5 Å². The minimum atomic E-state index is -0.574. The number of amides is 1. The Balaban J connectivity index is 1.30. The Morgan fingerprint density at radius 1 is 1.11 bits per heavy atom. The Hall–Kier alpha value is -3.02. The third kappa shape index (κ3) is 4.82. The number of thioether (sulfide) groups is 1. The molecule has 0 saturated heterocycles. The molecule has 1 aliphatic carbocycles. The van der Waals surface area contributed by atoms with Gasteiger partial charge >= 0.3 is 5.97 Å². The molecule has 0 saturated carbocycles. The van der Waals surface area contributed by atoms with Gasteiger partial charge in [0.25, 0.3) is 0 Å². The fraction of sp³-hybridized carbons (Fsp3) is 0.280.